The summed E-state index contributed by atoms with van der Waals surface area (Å²) in [4.78, 5) is 7.36. The molecule has 0 atom stereocenters. The summed E-state index contributed by atoms with van der Waals surface area (Å²) < 4.78 is 2.48. The Morgan fingerprint density at radius 2 is 1.07 bits per heavy atom. The molecule has 2 nitrogen and oxygen atoms in total. The average Bonchev–Trinajstić information content (AvgIpc) is 3.47. The molecule has 2 aromatic heterocycles. The molecule has 9 rings (SSSR count). The fraction of sp³-hybridized carbons (Fsp3) is 0. The summed E-state index contributed by atoms with van der Waals surface area (Å²) in [5.74, 6) is 0.901. The van der Waals surface area contributed by atoms with Crippen molar-refractivity contribution >= 4 is 81.0 Å². The van der Waals surface area contributed by atoms with Gasteiger partial charge >= 0.3 is 0 Å². The molecule has 0 bridgehead atoms. The second-order valence-electron chi connectivity index (χ2n) is 11.2. The van der Waals surface area contributed by atoms with Gasteiger partial charge < -0.3 is 0 Å². The molecule has 0 fully saturated rings. The Bertz CT molecular complexity index is 2490. The molecule has 206 valence electrons. The lowest BCUT2D eigenvalue weighted by Gasteiger charge is -2.25. The minimum atomic E-state index is 0.901. The highest BCUT2D eigenvalue weighted by atomic mass is 32.1. The van der Waals surface area contributed by atoms with Crippen LogP contribution in [0.25, 0.3) is 63.6 Å². The topological polar surface area (TPSA) is 16.1 Å². The fourth-order valence-electron chi connectivity index (χ4n) is 6.54. The molecule has 0 aliphatic carbocycles. The van der Waals surface area contributed by atoms with Gasteiger partial charge in [-0.15, -0.1) is 11.3 Å². The van der Waals surface area contributed by atoms with Crippen LogP contribution in [0.2, 0.25) is 0 Å². The molecule has 0 aliphatic heterocycles. The van der Waals surface area contributed by atoms with E-state index in [0.29, 0.717) is 0 Å². The highest BCUT2D eigenvalue weighted by Crippen LogP contribution is 2.41. The Labute approximate surface area is 259 Å². The van der Waals surface area contributed by atoms with Gasteiger partial charge in [0.25, 0.3) is 0 Å². The molecule has 0 N–H and O–H groups in total. The van der Waals surface area contributed by atoms with Crippen LogP contribution in [-0.2, 0) is 0 Å². The number of nitrogens with zero attached hydrogens (tertiary/aromatic N) is 2. The van der Waals surface area contributed by atoms with E-state index in [-0.39, 0.29) is 0 Å². The molecule has 0 amide bonds. The second-order valence-corrected chi connectivity index (χ2v) is 12.3. The maximum absolute atomic E-state index is 5.06. The molecule has 3 heteroatoms. The van der Waals surface area contributed by atoms with Crippen LogP contribution in [0.15, 0.2) is 158 Å². The molecule has 7 aromatic carbocycles. The molecule has 9 aromatic rings. The number of benzene rings is 7. The third-order valence-corrected chi connectivity index (χ3v) is 9.80. The summed E-state index contributed by atoms with van der Waals surface area (Å²) in [5.41, 5.74) is 4.55. The van der Waals surface area contributed by atoms with Crippen molar-refractivity contribution < 1.29 is 0 Å². The van der Waals surface area contributed by atoms with Gasteiger partial charge in [-0.05, 0) is 79.8 Å². The van der Waals surface area contributed by atoms with Gasteiger partial charge in [-0.3, -0.25) is 4.90 Å². The van der Waals surface area contributed by atoms with Crippen LogP contribution >= 0.6 is 11.3 Å². The van der Waals surface area contributed by atoms with E-state index in [0.717, 1.165) is 17.2 Å². The normalized spacial score (nSPS) is 11.6. The zero-order valence-electron chi connectivity index (χ0n) is 23.8. The Morgan fingerprint density at radius 1 is 0.432 bits per heavy atom. The highest BCUT2D eigenvalue weighted by Gasteiger charge is 2.18. The molecular formula is C41H26N2S. The van der Waals surface area contributed by atoms with Gasteiger partial charge in [0, 0.05) is 33.0 Å². The Morgan fingerprint density at radius 3 is 1.91 bits per heavy atom. The van der Waals surface area contributed by atoms with E-state index in [1.54, 1.807) is 11.3 Å². The van der Waals surface area contributed by atoms with Crippen molar-refractivity contribution in [3.8, 4) is 11.1 Å². The summed E-state index contributed by atoms with van der Waals surface area (Å²) in [6.45, 7) is 0. The summed E-state index contributed by atoms with van der Waals surface area (Å²) in [6.07, 6.45) is 2.03. The average molecular weight is 579 g/mol. The van der Waals surface area contributed by atoms with Gasteiger partial charge in [0.1, 0.15) is 5.82 Å². The summed E-state index contributed by atoms with van der Waals surface area (Å²) in [6, 6.07) is 54.7. The van der Waals surface area contributed by atoms with E-state index in [1.165, 1.54) is 63.6 Å². The van der Waals surface area contributed by atoms with Crippen LogP contribution in [0.3, 0.4) is 0 Å². The van der Waals surface area contributed by atoms with Crippen molar-refractivity contribution in [2.24, 2.45) is 0 Å². The Hall–Kier alpha value is -5.51. The van der Waals surface area contributed by atoms with Gasteiger partial charge in [-0.2, -0.15) is 0 Å². The van der Waals surface area contributed by atoms with Crippen LogP contribution in [0.1, 0.15) is 0 Å². The predicted octanol–water partition coefficient (Wildman–Crippen LogP) is 12.0. The summed E-state index contributed by atoms with van der Waals surface area (Å²) in [5, 5.41) is 10.0. The first-order chi connectivity index (χ1) is 21.8. The van der Waals surface area contributed by atoms with Gasteiger partial charge in [0.05, 0.1) is 4.70 Å². The number of hydrogen-bond donors (Lipinski definition) is 0. The molecule has 0 unspecified atom stereocenters. The van der Waals surface area contributed by atoms with Crippen LogP contribution in [0.5, 0.6) is 0 Å². The van der Waals surface area contributed by atoms with Crippen molar-refractivity contribution in [3.05, 3.63) is 158 Å². The number of rotatable bonds is 4. The van der Waals surface area contributed by atoms with Gasteiger partial charge in [0.2, 0.25) is 0 Å². The number of hydrogen-bond acceptors (Lipinski definition) is 3. The number of fused-ring (bicyclic) bond motifs is 8. The van der Waals surface area contributed by atoms with E-state index < -0.39 is 0 Å². The Kier molecular flexibility index (Phi) is 5.71. The van der Waals surface area contributed by atoms with E-state index in [4.69, 9.17) is 4.98 Å². The molecule has 0 radical (unpaired) electrons. The second kappa shape index (κ2) is 10.0. The standard InChI is InChI=1S/C41H26N2S/c1-2-8-27(9-3-1)28-18-21-32(22-19-28)43(40-25-37-35-12-6-7-13-38(35)44-39(37)26-42-40)33-23-20-30-15-17-31-16-14-29-10-4-5-11-34(29)41(31)36(30)24-33/h1-26H. The van der Waals surface area contributed by atoms with Crippen LogP contribution in [0.4, 0.5) is 17.2 Å². The Balaban J connectivity index is 1.29. The van der Waals surface area contributed by atoms with E-state index >= 15 is 0 Å². The number of thiophene rings is 1. The van der Waals surface area contributed by atoms with E-state index in [2.05, 4.69) is 157 Å². The predicted molar refractivity (Wildman–Crippen MR) is 190 cm³/mol. The van der Waals surface area contributed by atoms with Gasteiger partial charge in [-0.1, -0.05) is 115 Å². The zero-order chi connectivity index (χ0) is 29.0. The van der Waals surface area contributed by atoms with E-state index in [1.807, 2.05) is 6.20 Å². The number of aromatic nitrogens is 1. The largest absolute Gasteiger partial charge is 0.295 e. The van der Waals surface area contributed by atoms with Crippen LogP contribution in [0, 0.1) is 0 Å². The number of pyridine rings is 1. The van der Waals surface area contributed by atoms with Crippen molar-refractivity contribution in [2.75, 3.05) is 4.90 Å². The van der Waals surface area contributed by atoms with Gasteiger partial charge in [0.15, 0.2) is 0 Å². The van der Waals surface area contributed by atoms with Crippen LogP contribution < -0.4 is 4.90 Å². The molecule has 0 saturated carbocycles. The minimum absolute atomic E-state index is 0.901. The molecule has 2 heterocycles. The van der Waals surface area contributed by atoms with Crippen molar-refractivity contribution in [3.63, 3.8) is 0 Å². The monoisotopic (exact) mass is 578 g/mol. The molecular weight excluding hydrogens is 553 g/mol. The van der Waals surface area contributed by atoms with Crippen LogP contribution in [-0.4, -0.2) is 4.98 Å². The first kappa shape index (κ1) is 25.0. The van der Waals surface area contributed by atoms with Crippen molar-refractivity contribution in [1.29, 1.82) is 0 Å². The third kappa shape index (κ3) is 4.05. The number of anilines is 3. The molecule has 44 heavy (non-hydrogen) atoms. The lowest BCUT2D eigenvalue weighted by Crippen LogP contribution is -2.11. The zero-order valence-corrected chi connectivity index (χ0v) is 24.6. The lowest BCUT2D eigenvalue weighted by molar-refractivity contribution is 1.20. The van der Waals surface area contributed by atoms with Crippen molar-refractivity contribution in [1.82, 2.24) is 4.98 Å². The fourth-order valence-corrected chi connectivity index (χ4v) is 7.60. The molecule has 0 aliphatic rings. The SMILES string of the molecule is c1ccc(-c2ccc(N(c3ccc4ccc5ccc6ccccc6c5c4c3)c3cc4c(cn3)sc3ccccc34)cc2)cc1. The van der Waals surface area contributed by atoms with Gasteiger partial charge in [-0.25, -0.2) is 4.98 Å². The first-order valence-corrected chi connectivity index (χ1v) is 15.7. The smallest absolute Gasteiger partial charge is 0.138 e. The minimum Gasteiger partial charge on any atom is -0.295 e. The highest BCUT2D eigenvalue weighted by molar-refractivity contribution is 7.25. The van der Waals surface area contributed by atoms with Crippen molar-refractivity contribution in [2.45, 2.75) is 0 Å². The summed E-state index contributed by atoms with van der Waals surface area (Å²) in [7, 11) is 0. The maximum atomic E-state index is 5.06. The van der Waals surface area contributed by atoms with E-state index in [9.17, 15) is 0 Å². The maximum Gasteiger partial charge on any atom is 0.138 e. The molecule has 0 spiro atoms. The quantitative estimate of drug-likeness (QED) is 0.193. The lowest BCUT2D eigenvalue weighted by atomic mass is 9.96. The summed E-state index contributed by atoms with van der Waals surface area (Å²) >= 11 is 1.80. The molecule has 0 saturated heterocycles. The third-order valence-electron chi connectivity index (χ3n) is 8.68. The first-order valence-electron chi connectivity index (χ1n) is 14.9.